The number of amides is 1. The van der Waals surface area contributed by atoms with Crippen LogP contribution in [0, 0.1) is 0 Å². The number of hydrogen-bond acceptors (Lipinski definition) is 4. The average Bonchev–Trinajstić information content (AvgIpc) is 2.72. The Morgan fingerprint density at radius 3 is 2.19 bits per heavy atom. The summed E-state index contributed by atoms with van der Waals surface area (Å²) in [6.45, 7) is 14.3. The van der Waals surface area contributed by atoms with Crippen molar-refractivity contribution in [1.82, 2.24) is 0 Å². The van der Waals surface area contributed by atoms with E-state index < -0.39 is 35.9 Å². The van der Waals surface area contributed by atoms with Crippen molar-refractivity contribution >= 4 is 13.2 Å². The summed E-state index contributed by atoms with van der Waals surface area (Å²) in [6, 6.07) is 8.02. The smallest absolute Gasteiger partial charge is 0.498 e. The van der Waals surface area contributed by atoms with Crippen molar-refractivity contribution in [1.29, 1.82) is 0 Å². The first-order valence-corrected chi connectivity index (χ1v) is 9.36. The van der Waals surface area contributed by atoms with Crippen LogP contribution in [-0.4, -0.2) is 41.0 Å². The molecule has 2 heterocycles. The maximum Gasteiger partial charge on any atom is 0.528 e. The Balaban J connectivity index is 2.20. The lowest BCUT2D eigenvalue weighted by Gasteiger charge is -2.55. The molecule has 1 aromatic rings. The number of quaternary nitrogens is 1. The molecule has 142 valence electrons. The number of carboxylic acid groups (broad SMARTS) is 1. The fraction of sp³-hybridized carbons (Fsp3) is 0.650. The monoisotopic (exact) mass is 359 g/mol. The molecule has 0 radical (unpaired) electrons. The van der Waals surface area contributed by atoms with E-state index in [1.165, 1.54) is 0 Å². The molecule has 0 aromatic heterocycles. The van der Waals surface area contributed by atoms with Crippen molar-refractivity contribution in [3.63, 3.8) is 0 Å². The van der Waals surface area contributed by atoms with Gasteiger partial charge in [0.15, 0.2) is 5.94 Å². The van der Waals surface area contributed by atoms with E-state index in [0.717, 1.165) is 11.1 Å². The minimum Gasteiger partial charge on any atom is -0.498 e. The second kappa shape index (κ2) is 5.81. The number of rotatable bonds is 1. The van der Waals surface area contributed by atoms with Gasteiger partial charge in [-0.25, -0.2) is 0 Å². The molecule has 2 aliphatic heterocycles. The molecule has 0 saturated carbocycles. The molecule has 26 heavy (non-hydrogen) atoms. The van der Waals surface area contributed by atoms with Gasteiger partial charge in [0.2, 0.25) is 0 Å². The number of carbonyl (C=O) groups is 1. The van der Waals surface area contributed by atoms with Gasteiger partial charge in [0.1, 0.15) is 0 Å². The van der Waals surface area contributed by atoms with Gasteiger partial charge >= 0.3 is 7.12 Å². The highest BCUT2D eigenvalue weighted by atomic mass is 16.7. The van der Waals surface area contributed by atoms with Gasteiger partial charge in [0.25, 0.3) is 6.09 Å². The normalized spacial score (nSPS) is 30.1. The van der Waals surface area contributed by atoms with E-state index in [9.17, 15) is 9.90 Å². The summed E-state index contributed by atoms with van der Waals surface area (Å²) in [5.74, 6) is -0.481. The first kappa shape index (κ1) is 19.4. The predicted molar refractivity (Wildman–Crippen MR) is 99.2 cm³/mol. The lowest BCUT2D eigenvalue weighted by atomic mass is 9.66. The third-order valence-electron chi connectivity index (χ3n) is 6.63. The van der Waals surface area contributed by atoms with Crippen LogP contribution in [0.2, 0.25) is 0 Å². The molecule has 5 nitrogen and oxygen atoms in total. The summed E-state index contributed by atoms with van der Waals surface area (Å²) >= 11 is 0. The van der Waals surface area contributed by atoms with E-state index in [1.54, 1.807) is 0 Å². The lowest BCUT2D eigenvalue weighted by molar-refractivity contribution is -0.939. The molecule has 2 unspecified atom stereocenters. The number of hydrogen-bond donors (Lipinski definition) is 0. The third-order valence-corrected chi connectivity index (χ3v) is 6.63. The first-order chi connectivity index (χ1) is 11.8. The molecule has 0 aliphatic carbocycles. The van der Waals surface area contributed by atoms with Crippen molar-refractivity contribution < 1.29 is 23.7 Å². The average molecular weight is 359 g/mol. The summed E-state index contributed by atoms with van der Waals surface area (Å²) in [4.78, 5) is 12.6. The Kier molecular flexibility index (Phi) is 4.34. The van der Waals surface area contributed by atoms with Crippen molar-refractivity contribution in [2.24, 2.45) is 0 Å². The van der Waals surface area contributed by atoms with Crippen LogP contribution in [0.5, 0.6) is 0 Å². The quantitative estimate of drug-likeness (QED) is 0.572. The van der Waals surface area contributed by atoms with E-state index in [0.29, 0.717) is 13.0 Å². The number of carbonyl (C=O) groups excluding carboxylic acids is 1. The third kappa shape index (κ3) is 2.62. The van der Waals surface area contributed by atoms with Gasteiger partial charge in [0.05, 0.1) is 23.3 Å². The van der Waals surface area contributed by atoms with E-state index in [2.05, 4.69) is 6.07 Å². The highest BCUT2D eigenvalue weighted by molar-refractivity contribution is 6.47. The zero-order chi connectivity index (χ0) is 19.5. The maximum absolute atomic E-state index is 12.6. The summed E-state index contributed by atoms with van der Waals surface area (Å²) in [6.07, 6.45) is -0.385. The number of fused-ring (bicyclic) bond motifs is 1. The van der Waals surface area contributed by atoms with Gasteiger partial charge in [-0.15, -0.1) is 0 Å². The molecule has 3 rings (SSSR count). The van der Waals surface area contributed by atoms with Crippen LogP contribution >= 0.6 is 0 Å². The summed E-state index contributed by atoms with van der Waals surface area (Å²) in [5.41, 5.74) is 0.524. The summed E-state index contributed by atoms with van der Waals surface area (Å²) in [5, 5.41) is 12.6. The molecule has 0 N–H and O–H groups in total. The standard InChI is InChI=1S/C20H30BNO4/c1-18(2,3)22(17(23)24)13-12-14-10-8-9-11-15(14)16(22)21-25-19(4,5)20(6,7)26-21/h8-11,16H,12-13H2,1-7H3. The minimum atomic E-state index is -1.08. The molecule has 6 heteroatoms. The molecule has 0 spiro atoms. The Bertz CT molecular complexity index is 709. The molecule has 0 bridgehead atoms. The predicted octanol–water partition coefficient (Wildman–Crippen LogP) is 2.87. The van der Waals surface area contributed by atoms with Crippen LogP contribution in [0.15, 0.2) is 24.3 Å². The second-order valence-electron chi connectivity index (χ2n) is 9.55. The fourth-order valence-electron chi connectivity index (χ4n) is 4.33. The van der Waals surface area contributed by atoms with E-state index in [-0.39, 0.29) is 4.48 Å². The molecular formula is C20H30BNO4. The van der Waals surface area contributed by atoms with Gasteiger partial charge in [-0.05, 0) is 54.0 Å². The van der Waals surface area contributed by atoms with Crippen LogP contribution in [0.25, 0.3) is 0 Å². The molecule has 1 fully saturated rings. The van der Waals surface area contributed by atoms with Crippen molar-refractivity contribution in [2.75, 3.05) is 6.54 Å². The second-order valence-corrected chi connectivity index (χ2v) is 9.55. The van der Waals surface area contributed by atoms with Crippen molar-refractivity contribution in [2.45, 2.75) is 77.6 Å². The highest BCUT2D eigenvalue weighted by Gasteiger charge is 2.64. The van der Waals surface area contributed by atoms with Crippen LogP contribution in [-0.2, 0) is 15.7 Å². The lowest BCUT2D eigenvalue weighted by Crippen LogP contribution is -2.73. The Morgan fingerprint density at radius 1 is 1.15 bits per heavy atom. The summed E-state index contributed by atoms with van der Waals surface area (Å²) < 4.78 is 12.5. The van der Waals surface area contributed by atoms with E-state index in [4.69, 9.17) is 9.31 Å². The first-order valence-electron chi connectivity index (χ1n) is 9.36. The Hall–Kier alpha value is -1.37. The van der Waals surface area contributed by atoms with Gasteiger partial charge < -0.3 is 19.2 Å². The van der Waals surface area contributed by atoms with E-state index >= 15 is 0 Å². The van der Waals surface area contributed by atoms with Gasteiger partial charge in [-0.2, -0.15) is 0 Å². The molecule has 1 aromatic carbocycles. The molecule has 1 saturated heterocycles. The zero-order valence-corrected chi connectivity index (χ0v) is 17.0. The Morgan fingerprint density at radius 2 is 1.69 bits per heavy atom. The number of nitrogens with zero attached hydrogens (tertiary/aromatic N) is 1. The SMILES string of the molecule is CC1(C)OB(C2c3ccccc3CC[N+]2(C(=O)[O-])C(C)(C)C)OC1(C)C. The molecule has 2 atom stereocenters. The minimum absolute atomic E-state index is 0.208. The summed E-state index contributed by atoms with van der Waals surface area (Å²) in [7, 11) is -0.654. The highest BCUT2D eigenvalue weighted by Crippen LogP contribution is 2.49. The van der Waals surface area contributed by atoms with E-state index in [1.807, 2.05) is 66.7 Å². The largest absolute Gasteiger partial charge is 0.528 e. The zero-order valence-electron chi connectivity index (χ0n) is 17.0. The van der Waals surface area contributed by atoms with Gasteiger partial charge in [-0.1, -0.05) is 24.3 Å². The van der Waals surface area contributed by atoms with Gasteiger partial charge in [0, 0.05) is 12.0 Å². The molecular weight excluding hydrogens is 329 g/mol. The topological polar surface area (TPSA) is 58.6 Å². The van der Waals surface area contributed by atoms with Crippen molar-refractivity contribution in [3.8, 4) is 0 Å². The Labute approximate surface area is 157 Å². The van der Waals surface area contributed by atoms with Gasteiger partial charge in [-0.3, -0.25) is 4.48 Å². The van der Waals surface area contributed by atoms with Crippen LogP contribution in [0.4, 0.5) is 4.79 Å². The maximum atomic E-state index is 12.6. The van der Waals surface area contributed by atoms with Crippen LogP contribution in [0.1, 0.15) is 65.5 Å². The van der Waals surface area contributed by atoms with Crippen LogP contribution in [0.3, 0.4) is 0 Å². The molecule has 1 amide bonds. The van der Waals surface area contributed by atoms with Crippen molar-refractivity contribution in [3.05, 3.63) is 35.4 Å². The number of benzene rings is 1. The fourth-order valence-corrected chi connectivity index (χ4v) is 4.33. The van der Waals surface area contributed by atoms with Crippen LogP contribution < -0.4 is 5.11 Å². The molecule has 2 aliphatic rings.